The van der Waals surface area contributed by atoms with E-state index >= 15 is 0 Å². The van der Waals surface area contributed by atoms with Crippen LogP contribution in [0.15, 0.2) is 18.2 Å². The molecule has 0 atom stereocenters. The van der Waals surface area contributed by atoms with Crippen LogP contribution in [0, 0.1) is 13.8 Å². The molecule has 1 aromatic carbocycles. The van der Waals surface area contributed by atoms with Gasteiger partial charge in [-0.25, -0.2) is 0 Å². The van der Waals surface area contributed by atoms with Gasteiger partial charge in [0.25, 0.3) is 0 Å². The molecule has 66 valence electrons. The molecule has 0 radical (unpaired) electrons. The predicted octanol–water partition coefficient (Wildman–Crippen LogP) is 3.21. The number of benzene rings is 1. The summed E-state index contributed by atoms with van der Waals surface area (Å²) in [7, 11) is 0. The maximum Gasteiger partial charge on any atom is 0.0897 e. The SMILES string of the molecule is Cc1ccc(CCCF)c(C)c1. The molecule has 0 fully saturated rings. The molecule has 0 amide bonds. The van der Waals surface area contributed by atoms with E-state index in [1.54, 1.807) is 0 Å². The van der Waals surface area contributed by atoms with Crippen molar-refractivity contribution in [3.8, 4) is 0 Å². The number of rotatable bonds is 3. The molecule has 0 saturated heterocycles. The minimum Gasteiger partial charge on any atom is -0.251 e. The third kappa shape index (κ3) is 2.33. The van der Waals surface area contributed by atoms with Gasteiger partial charge in [-0.15, -0.1) is 0 Å². The van der Waals surface area contributed by atoms with E-state index in [4.69, 9.17) is 0 Å². The molecule has 1 heteroatoms. The van der Waals surface area contributed by atoms with Gasteiger partial charge in [0.15, 0.2) is 0 Å². The lowest BCUT2D eigenvalue weighted by Gasteiger charge is -2.04. The van der Waals surface area contributed by atoms with Crippen LogP contribution < -0.4 is 0 Å². The van der Waals surface area contributed by atoms with E-state index in [1.807, 2.05) is 0 Å². The minimum absolute atomic E-state index is 0.215. The molecule has 0 bridgehead atoms. The Hall–Kier alpha value is -0.850. The van der Waals surface area contributed by atoms with E-state index in [0.29, 0.717) is 6.42 Å². The molecular formula is C11H15F. The van der Waals surface area contributed by atoms with Crippen LogP contribution in [0.25, 0.3) is 0 Å². The van der Waals surface area contributed by atoms with Crippen molar-refractivity contribution >= 4 is 0 Å². The highest BCUT2D eigenvalue weighted by molar-refractivity contribution is 5.30. The minimum atomic E-state index is -0.215. The second kappa shape index (κ2) is 4.24. The highest BCUT2D eigenvalue weighted by atomic mass is 19.1. The van der Waals surface area contributed by atoms with Gasteiger partial charge in [0.2, 0.25) is 0 Å². The first-order valence-corrected chi connectivity index (χ1v) is 4.36. The molecule has 0 N–H and O–H groups in total. The van der Waals surface area contributed by atoms with Crippen LogP contribution in [-0.2, 0) is 6.42 Å². The Labute approximate surface area is 73.4 Å². The number of halogens is 1. The van der Waals surface area contributed by atoms with Gasteiger partial charge >= 0.3 is 0 Å². The molecule has 0 aromatic heterocycles. The van der Waals surface area contributed by atoms with Crippen LogP contribution >= 0.6 is 0 Å². The molecule has 1 rings (SSSR count). The number of aryl methyl sites for hydroxylation is 3. The second-order valence-electron chi connectivity index (χ2n) is 3.22. The highest BCUT2D eigenvalue weighted by Gasteiger charge is 1.97. The van der Waals surface area contributed by atoms with Crippen molar-refractivity contribution in [1.82, 2.24) is 0 Å². The summed E-state index contributed by atoms with van der Waals surface area (Å²) in [5.41, 5.74) is 3.83. The summed E-state index contributed by atoms with van der Waals surface area (Å²) < 4.78 is 11.9. The summed E-state index contributed by atoms with van der Waals surface area (Å²) in [5, 5.41) is 0. The van der Waals surface area contributed by atoms with Crippen molar-refractivity contribution in [3.05, 3.63) is 34.9 Å². The van der Waals surface area contributed by atoms with Gasteiger partial charge in [-0.2, -0.15) is 0 Å². The zero-order valence-corrected chi connectivity index (χ0v) is 7.73. The van der Waals surface area contributed by atoms with Gasteiger partial charge in [0.05, 0.1) is 6.67 Å². The quantitative estimate of drug-likeness (QED) is 0.646. The zero-order valence-electron chi connectivity index (χ0n) is 7.73. The molecule has 0 heterocycles. The first-order chi connectivity index (χ1) is 5.74. The van der Waals surface area contributed by atoms with Crippen LogP contribution in [-0.4, -0.2) is 6.67 Å². The normalized spacial score (nSPS) is 10.2. The summed E-state index contributed by atoms with van der Waals surface area (Å²) in [4.78, 5) is 0. The smallest absolute Gasteiger partial charge is 0.0897 e. The summed E-state index contributed by atoms with van der Waals surface area (Å²) in [6.45, 7) is 3.94. The van der Waals surface area contributed by atoms with Gasteiger partial charge in [-0.05, 0) is 37.8 Å². The standard InChI is InChI=1S/C11H15F/c1-9-5-6-11(4-3-7-12)10(2)8-9/h5-6,8H,3-4,7H2,1-2H3. The van der Waals surface area contributed by atoms with Gasteiger partial charge in [0.1, 0.15) is 0 Å². The van der Waals surface area contributed by atoms with E-state index in [2.05, 4.69) is 32.0 Å². The number of hydrogen-bond donors (Lipinski definition) is 0. The lowest BCUT2D eigenvalue weighted by molar-refractivity contribution is 0.473. The monoisotopic (exact) mass is 166 g/mol. The summed E-state index contributed by atoms with van der Waals surface area (Å²) >= 11 is 0. The summed E-state index contributed by atoms with van der Waals surface area (Å²) in [5.74, 6) is 0. The van der Waals surface area contributed by atoms with E-state index in [9.17, 15) is 4.39 Å². The Morgan fingerprint density at radius 3 is 2.58 bits per heavy atom. The van der Waals surface area contributed by atoms with Crippen molar-refractivity contribution in [2.45, 2.75) is 26.7 Å². The van der Waals surface area contributed by atoms with Gasteiger partial charge in [-0.1, -0.05) is 23.8 Å². The van der Waals surface area contributed by atoms with E-state index < -0.39 is 0 Å². The van der Waals surface area contributed by atoms with Crippen LogP contribution in [0.1, 0.15) is 23.1 Å². The highest BCUT2D eigenvalue weighted by Crippen LogP contribution is 2.12. The average molecular weight is 166 g/mol. The maximum absolute atomic E-state index is 11.9. The summed E-state index contributed by atoms with van der Waals surface area (Å²) in [6, 6.07) is 6.33. The van der Waals surface area contributed by atoms with Crippen molar-refractivity contribution in [2.24, 2.45) is 0 Å². The largest absolute Gasteiger partial charge is 0.251 e. The topological polar surface area (TPSA) is 0 Å². The first-order valence-electron chi connectivity index (χ1n) is 4.36. The molecule has 0 aliphatic carbocycles. The summed E-state index contributed by atoms with van der Waals surface area (Å²) in [6.07, 6.45) is 1.51. The number of alkyl halides is 1. The fraction of sp³-hybridized carbons (Fsp3) is 0.455. The Balaban J connectivity index is 2.72. The van der Waals surface area contributed by atoms with Crippen LogP contribution in [0.3, 0.4) is 0 Å². The number of hydrogen-bond acceptors (Lipinski definition) is 0. The maximum atomic E-state index is 11.9. The van der Waals surface area contributed by atoms with Gasteiger partial charge < -0.3 is 0 Å². The van der Waals surface area contributed by atoms with Crippen molar-refractivity contribution in [2.75, 3.05) is 6.67 Å². The van der Waals surface area contributed by atoms with Crippen LogP contribution in [0.2, 0.25) is 0 Å². The molecular weight excluding hydrogens is 151 g/mol. The van der Waals surface area contributed by atoms with Crippen LogP contribution in [0.4, 0.5) is 4.39 Å². The predicted molar refractivity (Wildman–Crippen MR) is 50.2 cm³/mol. The molecule has 1 aromatic rings. The Morgan fingerprint density at radius 2 is 2.00 bits per heavy atom. The Morgan fingerprint density at radius 1 is 1.25 bits per heavy atom. The second-order valence-corrected chi connectivity index (χ2v) is 3.22. The van der Waals surface area contributed by atoms with Crippen LogP contribution in [0.5, 0.6) is 0 Å². The average Bonchev–Trinajstić information content (AvgIpc) is 2.03. The molecule has 0 spiro atoms. The zero-order chi connectivity index (χ0) is 8.97. The fourth-order valence-electron chi connectivity index (χ4n) is 1.38. The third-order valence-corrected chi connectivity index (χ3v) is 2.08. The molecule has 0 nitrogen and oxygen atoms in total. The fourth-order valence-corrected chi connectivity index (χ4v) is 1.38. The third-order valence-electron chi connectivity index (χ3n) is 2.08. The van der Waals surface area contributed by atoms with E-state index in [-0.39, 0.29) is 6.67 Å². The molecule has 0 aliphatic rings. The lowest BCUT2D eigenvalue weighted by atomic mass is 10.0. The van der Waals surface area contributed by atoms with Crippen molar-refractivity contribution in [3.63, 3.8) is 0 Å². The molecule has 12 heavy (non-hydrogen) atoms. The van der Waals surface area contributed by atoms with Crippen molar-refractivity contribution in [1.29, 1.82) is 0 Å². The lowest BCUT2D eigenvalue weighted by Crippen LogP contribution is -1.91. The Kier molecular flexibility index (Phi) is 3.27. The van der Waals surface area contributed by atoms with Gasteiger partial charge in [-0.3, -0.25) is 4.39 Å². The van der Waals surface area contributed by atoms with Crippen molar-refractivity contribution < 1.29 is 4.39 Å². The van der Waals surface area contributed by atoms with Gasteiger partial charge in [0, 0.05) is 0 Å². The molecule has 0 unspecified atom stereocenters. The molecule has 0 saturated carbocycles. The molecule has 0 aliphatic heterocycles. The van der Waals surface area contributed by atoms with E-state index in [0.717, 1.165) is 6.42 Å². The van der Waals surface area contributed by atoms with E-state index in [1.165, 1.54) is 16.7 Å². The Bertz CT molecular complexity index is 253. The first kappa shape index (κ1) is 9.24.